The highest BCUT2D eigenvalue weighted by molar-refractivity contribution is 5.24. The van der Waals surface area contributed by atoms with Gasteiger partial charge in [-0.1, -0.05) is 13.3 Å². The van der Waals surface area contributed by atoms with Crippen LogP contribution in [-0.4, -0.2) is 47.2 Å². The molecule has 24 heavy (non-hydrogen) atoms. The Morgan fingerprint density at radius 1 is 1.38 bits per heavy atom. The van der Waals surface area contributed by atoms with Crippen molar-refractivity contribution >= 4 is 5.95 Å². The van der Waals surface area contributed by atoms with E-state index in [2.05, 4.69) is 22.2 Å². The van der Waals surface area contributed by atoms with Crippen molar-refractivity contribution in [3.05, 3.63) is 22.1 Å². The van der Waals surface area contributed by atoms with E-state index < -0.39 is 5.79 Å². The van der Waals surface area contributed by atoms with Crippen LogP contribution >= 0.6 is 0 Å². The van der Waals surface area contributed by atoms with Crippen LogP contribution in [0.1, 0.15) is 45.2 Å². The molecule has 2 saturated heterocycles. The fourth-order valence-corrected chi connectivity index (χ4v) is 3.31. The number of H-pyrrole nitrogens is 1. The normalized spacial score (nSPS) is 31.3. The van der Waals surface area contributed by atoms with Crippen LogP contribution in [-0.2, 0) is 14.2 Å². The van der Waals surface area contributed by atoms with E-state index in [1.165, 1.54) is 6.20 Å². The summed E-state index contributed by atoms with van der Waals surface area (Å²) >= 11 is 0. The van der Waals surface area contributed by atoms with Crippen LogP contribution in [0.15, 0.2) is 11.0 Å². The number of nitrogens with zero attached hydrogens (tertiary/aromatic N) is 1. The van der Waals surface area contributed by atoms with E-state index in [-0.39, 0.29) is 35.8 Å². The lowest BCUT2D eigenvalue weighted by molar-refractivity contribution is -0.158. The molecule has 0 amide bonds. The van der Waals surface area contributed by atoms with Crippen molar-refractivity contribution in [2.24, 2.45) is 0 Å². The standard InChI is InChI=1S/C16H26N4O4/c1-4-5-6-22-8-10-12-13(24-16(2,3)23-12)11(19-10)9-7-18-15(17)20-14(9)21/h7,10-13,19H,4-6,8H2,1-3H3,(H3,17,18,20,21)/t10-,11+,12-,13+/m1/s1. The minimum Gasteiger partial charge on any atom is -0.380 e. The maximum Gasteiger partial charge on any atom is 0.257 e. The molecule has 2 fully saturated rings. The summed E-state index contributed by atoms with van der Waals surface area (Å²) < 4.78 is 17.8. The van der Waals surface area contributed by atoms with Crippen LogP contribution in [0.4, 0.5) is 5.95 Å². The molecule has 134 valence electrons. The third-order valence-corrected chi connectivity index (χ3v) is 4.40. The van der Waals surface area contributed by atoms with Gasteiger partial charge in [-0.15, -0.1) is 0 Å². The largest absolute Gasteiger partial charge is 0.380 e. The van der Waals surface area contributed by atoms with Gasteiger partial charge in [-0.2, -0.15) is 0 Å². The minimum absolute atomic E-state index is 0.0458. The molecule has 0 bridgehead atoms. The summed E-state index contributed by atoms with van der Waals surface area (Å²) in [6.45, 7) is 7.11. The molecule has 1 aromatic rings. The number of nitrogens with two attached hydrogens (primary N) is 1. The van der Waals surface area contributed by atoms with Gasteiger partial charge in [0.15, 0.2) is 11.7 Å². The first-order valence-corrected chi connectivity index (χ1v) is 8.45. The fraction of sp³-hybridized carbons (Fsp3) is 0.750. The molecular weight excluding hydrogens is 312 g/mol. The van der Waals surface area contributed by atoms with Gasteiger partial charge >= 0.3 is 0 Å². The van der Waals surface area contributed by atoms with Crippen LogP contribution in [0.5, 0.6) is 0 Å². The average Bonchev–Trinajstić information content (AvgIpc) is 2.98. The number of rotatable bonds is 6. The Kier molecular flexibility index (Phi) is 4.91. The zero-order valence-electron chi connectivity index (χ0n) is 14.4. The Hall–Kier alpha value is -1.48. The minimum atomic E-state index is -0.689. The Morgan fingerprint density at radius 3 is 2.83 bits per heavy atom. The zero-order chi connectivity index (χ0) is 17.3. The van der Waals surface area contributed by atoms with Gasteiger partial charge in [-0.3, -0.25) is 15.1 Å². The van der Waals surface area contributed by atoms with Gasteiger partial charge < -0.3 is 19.9 Å². The molecule has 2 aliphatic heterocycles. The lowest BCUT2D eigenvalue weighted by Gasteiger charge is -2.24. The molecule has 2 aliphatic rings. The number of aromatic nitrogens is 2. The Balaban J connectivity index is 1.78. The average molecular weight is 338 g/mol. The zero-order valence-corrected chi connectivity index (χ0v) is 14.4. The van der Waals surface area contributed by atoms with Crippen molar-refractivity contribution in [1.29, 1.82) is 0 Å². The molecule has 0 aromatic carbocycles. The third kappa shape index (κ3) is 3.46. The van der Waals surface area contributed by atoms with Gasteiger partial charge in [0, 0.05) is 12.8 Å². The van der Waals surface area contributed by atoms with E-state index in [1.807, 2.05) is 13.8 Å². The quantitative estimate of drug-likeness (QED) is 0.655. The summed E-state index contributed by atoms with van der Waals surface area (Å²) in [6, 6.07) is -0.357. The Morgan fingerprint density at radius 2 is 2.12 bits per heavy atom. The molecule has 4 N–H and O–H groups in total. The number of aromatic amines is 1. The molecule has 1 aromatic heterocycles. The van der Waals surface area contributed by atoms with E-state index in [9.17, 15) is 4.79 Å². The van der Waals surface area contributed by atoms with Gasteiger partial charge in [0.05, 0.1) is 24.3 Å². The summed E-state index contributed by atoms with van der Waals surface area (Å²) in [5.74, 6) is -0.590. The molecule has 0 aliphatic carbocycles. The summed E-state index contributed by atoms with van der Waals surface area (Å²) in [4.78, 5) is 18.8. The van der Waals surface area contributed by atoms with Crippen LogP contribution in [0, 0.1) is 0 Å². The molecule has 8 heteroatoms. The predicted octanol–water partition coefficient (Wildman–Crippen LogP) is 0.702. The van der Waals surface area contributed by atoms with Gasteiger partial charge in [-0.05, 0) is 20.3 Å². The van der Waals surface area contributed by atoms with Crippen LogP contribution in [0.3, 0.4) is 0 Å². The smallest absolute Gasteiger partial charge is 0.257 e. The summed E-state index contributed by atoms with van der Waals surface area (Å²) in [5.41, 5.74) is 5.77. The molecule has 0 spiro atoms. The molecule has 8 nitrogen and oxygen atoms in total. The third-order valence-electron chi connectivity index (χ3n) is 4.40. The number of ether oxygens (including phenoxy) is 3. The van der Waals surface area contributed by atoms with Crippen molar-refractivity contribution in [3.63, 3.8) is 0 Å². The van der Waals surface area contributed by atoms with Gasteiger partial charge in [0.1, 0.15) is 12.2 Å². The number of hydrogen-bond donors (Lipinski definition) is 3. The first-order chi connectivity index (χ1) is 11.4. The SMILES string of the molecule is CCCCOC[C@H]1N[C@@H](c2cnc(N)[nH]c2=O)[C@@H]2OC(C)(C)O[C@@H]21. The molecule has 0 radical (unpaired) electrons. The number of anilines is 1. The maximum atomic E-state index is 12.2. The topological polar surface area (TPSA) is 111 Å². The molecule has 3 heterocycles. The number of nitrogen functional groups attached to an aromatic ring is 1. The van der Waals surface area contributed by atoms with Gasteiger partial charge in [0.25, 0.3) is 5.56 Å². The molecular formula is C16H26N4O4. The first-order valence-electron chi connectivity index (χ1n) is 8.45. The molecule has 4 atom stereocenters. The van der Waals surface area contributed by atoms with Crippen molar-refractivity contribution in [3.8, 4) is 0 Å². The highest BCUT2D eigenvalue weighted by Gasteiger charge is 2.54. The number of fused-ring (bicyclic) bond motifs is 1. The maximum absolute atomic E-state index is 12.2. The second kappa shape index (κ2) is 6.79. The van der Waals surface area contributed by atoms with E-state index >= 15 is 0 Å². The van der Waals surface area contributed by atoms with E-state index in [0.717, 1.165) is 12.8 Å². The predicted molar refractivity (Wildman–Crippen MR) is 88.5 cm³/mol. The number of hydrogen-bond acceptors (Lipinski definition) is 7. The van der Waals surface area contributed by atoms with Gasteiger partial charge in [-0.25, -0.2) is 4.98 Å². The van der Waals surface area contributed by atoms with E-state index in [0.29, 0.717) is 18.8 Å². The Labute approximate surface area is 141 Å². The van der Waals surface area contributed by atoms with Crippen molar-refractivity contribution in [2.45, 2.75) is 63.7 Å². The summed E-state index contributed by atoms with van der Waals surface area (Å²) in [5, 5.41) is 3.41. The van der Waals surface area contributed by atoms with Crippen LogP contribution in [0.2, 0.25) is 0 Å². The molecule has 0 unspecified atom stereocenters. The van der Waals surface area contributed by atoms with Crippen LogP contribution in [0.25, 0.3) is 0 Å². The second-order valence-electron chi connectivity index (χ2n) is 6.80. The molecule has 3 rings (SSSR count). The highest BCUT2D eigenvalue weighted by atomic mass is 16.8. The summed E-state index contributed by atoms with van der Waals surface area (Å²) in [7, 11) is 0. The Bertz CT molecular complexity index is 633. The van der Waals surface area contributed by atoms with Gasteiger partial charge in [0.2, 0.25) is 0 Å². The fourth-order valence-electron chi connectivity index (χ4n) is 3.31. The highest BCUT2D eigenvalue weighted by Crippen LogP contribution is 2.40. The number of nitrogens with one attached hydrogen (secondary N) is 2. The summed E-state index contributed by atoms with van der Waals surface area (Å²) in [6.07, 6.45) is 3.16. The monoisotopic (exact) mass is 338 g/mol. The van der Waals surface area contributed by atoms with Crippen molar-refractivity contribution in [2.75, 3.05) is 18.9 Å². The second-order valence-corrected chi connectivity index (χ2v) is 6.80. The van der Waals surface area contributed by atoms with Crippen molar-refractivity contribution in [1.82, 2.24) is 15.3 Å². The van der Waals surface area contributed by atoms with Crippen LogP contribution < -0.4 is 16.6 Å². The van der Waals surface area contributed by atoms with Crippen molar-refractivity contribution < 1.29 is 14.2 Å². The van der Waals surface area contributed by atoms with E-state index in [1.54, 1.807) is 0 Å². The van der Waals surface area contributed by atoms with E-state index in [4.69, 9.17) is 19.9 Å². The molecule has 0 saturated carbocycles. The lowest BCUT2D eigenvalue weighted by atomic mass is 10.0. The lowest BCUT2D eigenvalue weighted by Crippen LogP contribution is -2.40. The number of unbranched alkanes of at least 4 members (excludes halogenated alkanes) is 1. The first kappa shape index (κ1) is 17.3.